The number of hydrogen-bond donors (Lipinski definition) is 5. The molecule has 0 aliphatic heterocycles. The first kappa shape index (κ1) is 18.0. The lowest BCUT2D eigenvalue weighted by Crippen LogP contribution is -2.39. The first-order valence-electron chi connectivity index (χ1n) is 7.79. The predicted molar refractivity (Wildman–Crippen MR) is 97.5 cm³/mol. The van der Waals surface area contributed by atoms with Crippen LogP contribution in [0.3, 0.4) is 0 Å². The monoisotopic (exact) mass is 339 g/mol. The zero-order valence-electron chi connectivity index (χ0n) is 13.9. The van der Waals surface area contributed by atoms with Gasteiger partial charge in [0.1, 0.15) is 5.84 Å². The van der Waals surface area contributed by atoms with Crippen LogP contribution in [0.4, 0.5) is 10.5 Å². The van der Waals surface area contributed by atoms with Gasteiger partial charge in [0, 0.05) is 11.3 Å². The Labute approximate surface area is 146 Å². The van der Waals surface area contributed by atoms with E-state index in [9.17, 15) is 9.59 Å². The molecule has 0 bridgehead atoms. The van der Waals surface area contributed by atoms with Crippen molar-refractivity contribution < 1.29 is 9.59 Å². The quantitative estimate of drug-likeness (QED) is 0.409. The van der Waals surface area contributed by atoms with E-state index in [4.69, 9.17) is 11.1 Å². The molecular formula is C18H21N5O2. The van der Waals surface area contributed by atoms with E-state index in [-0.39, 0.29) is 24.3 Å². The number of carbonyl (C=O) groups is 2. The Bertz CT molecular complexity index is 744. The summed E-state index contributed by atoms with van der Waals surface area (Å²) in [6, 6.07) is 15.5. The maximum absolute atomic E-state index is 11.9. The van der Waals surface area contributed by atoms with Crippen LogP contribution in [0, 0.1) is 5.41 Å². The van der Waals surface area contributed by atoms with Gasteiger partial charge >= 0.3 is 6.03 Å². The number of urea groups is 1. The molecule has 0 fully saturated rings. The topological polar surface area (TPSA) is 120 Å². The third kappa shape index (κ3) is 5.65. The largest absolute Gasteiger partial charge is 0.384 e. The first-order valence-corrected chi connectivity index (χ1v) is 7.79. The Balaban J connectivity index is 1.77. The third-order valence-corrected chi connectivity index (χ3v) is 3.54. The molecule has 0 saturated carbocycles. The molecule has 130 valence electrons. The second kappa shape index (κ2) is 8.49. The van der Waals surface area contributed by atoms with Crippen LogP contribution in [0.2, 0.25) is 0 Å². The molecule has 25 heavy (non-hydrogen) atoms. The van der Waals surface area contributed by atoms with Gasteiger partial charge in [0.05, 0.1) is 12.6 Å². The molecule has 0 unspecified atom stereocenters. The van der Waals surface area contributed by atoms with Gasteiger partial charge < -0.3 is 21.7 Å². The van der Waals surface area contributed by atoms with Crippen molar-refractivity contribution in [2.75, 3.05) is 11.9 Å². The molecule has 0 radical (unpaired) electrons. The zero-order valence-corrected chi connectivity index (χ0v) is 13.9. The third-order valence-electron chi connectivity index (χ3n) is 3.54. The van der Waals surface area contributed by atoms with Gasteiger partial charge in [0.2, 0.25) is 5.91 Å². The second-order valence-electron chi connectivity index (χ2n) is 5.50. The molecule has 7 nitrogen and oxygen atoms in total. The molecule has 0 aromatic heterocycles. The van der Waals surface area contributed by atoms with E-state index in [1.54, 1.807) is 24.3 Å². The minimum atomic E-state index is -0.488. The van der Waals surface area contributed by atoms with Crippen LogP contribution < -0.4 is 21.7 Å². The summed E-state index contributed by atoms with van der Waals surface area (Å²) in [7, 11) is 0. The molecule has 0 aliphatic rings. The number of hydrogen-bond acceptors (Lipinski definition) is 3. The molecule has 2 aromatic rings. The maximum atomic E-state index is 11.9. The number of anilines is 1. The van der Waals surface area contributed by atoms with Crippen LogP contribution in [-0.2, 0) is 4.79 Å². The number of amidine groups is 1. The molecule has 7 heteroatoms. The van der Waals surface area contributed by atoms with E-state index in [2.05, 4.69) is 16.0 Å². The Morgan fingerprint density at radius 1 is 1.08 bits per heavy atom. The zero-order chi connectivity index (χ0) is 18.2. The molecule has 0 aliphatic carbocycles. The van der Waals surface area contributed by atoms with E-state index in [0.29, 0.717) is 11.3 Å². The van der Waals surface area contributed by atoms with Gasteiger partial charge in [-0.1, -0.05) is 30.3 Å². The summed E-state index contributed by atoms with van der Waals surface area (Å²) in [6.07, 6.45) is 0. The Kier molecular flexibility index (Phi) is 6.11. The lowest BCUT2D eigenvalue weighted by Gasteiger charge is -2.14. The number of rotatable bonds is 6. The first-order chi connectivity index (χ1) is 12.0. The smallest absolute Gasteiger partial charge is 0.319 e. The fourth-order valence-electron chi connectivity index (χ4n) is 2.19. The summed E-state index contributed by atoms with van der Waals surface area (Å²) in [5.74, 6) is -0.321. The van der Waals surface area contributed by atoms with E-state index in [1.165, 1.54) is 0 Å². The van der Waals surface area contributed by atoms with Gasteiger partial charge in [0.25, 0.3) is 0 Å². The molecule has 2 aromatic carbocycles. The molecule has 0 saturated heterocycles. The van der Waals surface area contributed by atoms with Gasteiger partial charge in [-0.3, -0.25) is 10.2 Å². The number of nitrogens with two attached hydrogens (primary N) is 1. The van der Waals surface area contributed by atoms with Gasteiger partial charge in [-0.2, -0.15) is 0 Å². The van der Waals surface area contributed by atoms with Crippen molar-refractivity contribution in [1.82, 2.24) is 10.6 Å². The fraction of sp³-hybridized carbons (Fsp3) is 0.167. The number of nitrogen functional groups attached to an aromatic ring is 1. The van der Waals surface area contributed by atoms with Crippen LogP contribution in [0.1, 0.15) is 24.1 Å². The number of amides is 3. The van der Waals surface area contributed by atoms with Crippen molar-refractivity contribution in [2.24, 2.45) is 5.73 Å². The molecule has 3 amide bonds. The van der Waals surface area contributed by atoms with E-state index in [1.807, 2.05) is 37.3 Å². The highest BCUT2D eigenvalue weighted by molar-refractivity contribution is 5.96. The Hall–Kier alpha value is -3.35. The molecule has 1 atom stereocenters. The summed E-state index contributed by atoms with van der Waals surface area (Å²) in [5.41, 5.74) is 7.47. The highest BCUT2D eigenvalue weighted by Crippen LogP contribution is 2.11. The molecule has 6 N–H and O–H groups in total. The number of nitrogens with one attached hydrogen (secondary N) is 4. The van der Waals surface area contributed by atoms with E-state index >= 15 is 0 Å². The van der Waals surface area contributed by atoms with Crippen molar-refractivity contribution in [2.45, 2.75) is 13.0 Å². The van der Waals surface area contributed by atoms with Crippen molar-refractivity contribution in [3.63, 3.8) is 0 Å². The normalized spacial score (nSPS) is 11.2. The minimum Gasteiger partial charge on any atom is -0.384 e. The van der Waals surface area contributed by atoms with Crippen molar-refractivity contribution in [1.29, 1.82) is 5.41 Å². The van der Waals surface area contributed by atoms with Crippen LogP contribution >= 0.6 is 0 Å². The van der Waals surface area contributed by atoms with Gasteiger partial charge in [-0.05, 0) is 36.8 Å². The van der Waals surface area contributed by atoms with Crippen LogP contribution in [-0.4, -0.2) is 24.3 Å². The molecule has 0 heterocycles. The lowest BCUT2D eigenvalue weighted by atomic mass is 10.1. The molecular weight excluding hydrogens is 318 g/mol. The van der Waals surface area contributed by atoms with Crippen LogP contribution in [0.15, 0.2) is 54.6 Å². The highest BCUT2D eigenvalue weighted by atomic mass is 16.2. The van der Waals surface area contributed by atoms with Crippen molar-refractivity contribution in [3.05, 3.63) is 65.7 Å². The van der Waals surface area contributed by atoms with E-state index < -0.39 is 6.03 Å². The summed E-state index contributed by atoms with van der Waals surface area (Å²) in [4.78, 5) is 23.7. The summed E-state index contributed by atoms with van der Waals surface area (Å²) >= 11 is 0. The highest BCUT2D eigenvalue weighted by Gasteiger charge is 2.10. The average Bonchev–Trinajstić information content (AvgIpc) is 2.61. The SMILES string of the molecule is C[C@H](NC(=O)CNC(=O)Nc1ccc(C(=N)N)cc1)c1ccccc1. The van der Waals surface area contributed by atoms with Gasteiger partial charge in [0.15, 0.2) is 0 Å². The van der Waals surface area contributed by atoms with Gasteiger partial charge in [-0.25, -0.2) is 4.79 Å². The Morgan fingerprint density at radius 2 is 1.72 bits per heavy atom. The lowest BCUT2D eigenvalue weighted by molar-refractivity contribution is -0.120. The molecule has 2 rings (SSSR count). The summed E-state index contributed by atoms with van der Waals surface area (Å²) in [5, 5.41) is 15.2. The second-order valence-corrected chi connectivity index (χ2v) is 5.50. The van der Waals surface area contributed by atoms with Crippen molar-refractivity contribution >= 4 is 23.5 Å². The molecule has 0 spiro atoms. The summed E-state index contributed by atoms with van der Waals surface area (Å²) in [6.45, 7) is 1.75. The predicted octanol–water partition coefficient (Wildman–Crippen LogP) is 1.97. The standard InChI is InChI=1S/C18H21N5O2/c1-12(13-5-3-2-4-6-13)22-16(24)11-21-18(25)23-15-9-7-14(8-10-15)17(19)20/h2-10,12H,11H2,1H3,(H3,19,20)(H,22,24)(H2,21,23,25)/t12-/m0/s1. The number of benzene rings is 2. The minimum absolute atomic E-state index is 0.0415. The number of carbonyl (C=O) groups excluding carboxylic acids is 2. The Morgan fingerprint density at radius 3 is 2.32 bits per heavy atom. The maximum Gasteiger partial charge on any atom is 0.319 e. The summed E-state index contributed by atoms with van der Waals surface area (Å²) < 4.78 is 0. The fourth-order valence-corrected chi connectivity index (χ4v) is 2.19. The van der Waals surface area contributed by atoms with Crippen molar-refractivity contribution in [3.8, 4) is 0 Å². The van der Waals surface area contributed by atoms with Crippen LogP contribution in [0.25, 0.3) is 0 Å². The average molecular weight is 339 g/mol. The van der Waals surface area contributed by atoms with E-state index in [0.717, 1.165) is 5.56 Å². The van der Waals surface area contributed by atoms with Crippen LogP contribution in [0.5, 0.6) is 0 Å². The van der Waals surface area contributed by atoms with Gasteiger partial charge in [-0.15, -0.1) is 0 Å².